The highest BCUT2D eigenvalue weighted by Gasteiger charge is 2.24. The predicted octanol–water partition coefficient (Wildman–Crippen LogP) is 15.6. The number of hydrogen-bond acceptors (Lipinski definition) is 1. The maximum absolute atomic E-state index is 2.47. The van der Waals surface area contributed by atoms with E-state index in [-0.39, 0.29) is 0 Å². The number of fused-ring (bicyclic) bond motifs is 6. The van der Waals surface area contributed by atoms with Gasteiger partial charge in [0.2, 0.25) is 0 Å². The molecule has 0 atom stereocenters. The van der Waals surface area contributed by atoms with Gasteiger partial charge in [-0.05, 0) is 103 Å². The van der Waals surface area contributed by atoms with Crippen LogP contribution in [-0.4, -0.2) is 4.57 Å². The molecule has 10 aromatic carbocycles. The van der Waals surface area contributed by atoms with Crippen LogP contribution in [0.1, 0.15) is 0 Å². The second-order valence-electron chi connectivity index (χ2n) is 14.9. The van der Waals surface area contributed by atoms with Crippen molar-refractivity contribution in [3.05, 3.63) is 231 Å². The van der Waals surface area contributed by atoms with E-state index in [2.05, 4.69) is 240 Å². The summed E-state index contributed by atoms with van der Waals surface area (Å²) >= 11 is 0. The Bertz CT molecular complexity index is 3260. The molecule has 0 aliphatic rings. The van der Waals surface area contributed by atoms with E-state index in [0.717, 1.165) is 28.3 Å². The highest BCUT2D eigenvalue weighted by atomic mass is 15.2. The minimum absolute atomic E-state index is 1.08. The molecule has 0 saturated heterocycles. The first-order chi connectivity index (χ1) is 28.8. The number of aromatic nitrogens is 1. The number of para-hydroxylation sites is 3. The molecule has 0 amide bonds. The molecule has 0 bridgehead atoms. The summed E-state index contributed by atoms with van der Waals surface area (Å²) in [5, 5.41) is 7.37. The van der Waals surface area contributed by atoms with E-state index in [1.165, 1.54) is 71.2 Å². The Balaban J connectivity index is 1.27. The molecule has 0 spiro atoms. The van der Waals surface area contributed by atoms with Crippen molar-refractivity contribution in [1.29, 1.82) is 0 Å². The molecule has 11 rings (SSSR count). The van der Waals surface area contributed by atoms with Crippen LogP contribution in [0.25, 0.3) is 82.4 Å². The van der Waals surface area contributed by atoms with Crippen LogP contribution in [0.15, 0.2) is 231 Å². The number of anilines is 3. The molecule has 0 unspecified atom stereocenters. The molecule has 11 aromatic rings. The van der Waals surface area contributed by atoms with Gasteiger partial charge >= 0.3 is 0 Å². The standard InChI is InChI=1S/C56H38N2/c1-5-19-39(20-6-1)42-25-17-28-44(37-42)57(53-34-18-32-50-48-30-15-16-33-52(48)58(56(50)53)43-26-11-4-12-27-43)45-35-36-47-46-29-13-14-31-49(46)54(40-21-7-2-8-22-40)55(51(47)38-45)41-23-9-3-10-24-41/h1-38H. The molecule has 1 heterocycles. The summed E-state index contributed by atoms with van der Waals surface area (Å²) in [6, 6.07) is 83.8. The van der Waals surface area contributed by atoms with Crippen LogP contribution in [0.4, 0.5) is 17.1 Å². The Hall–Kier alpha value is -7.68. The summed E-state index contributed by atoms with van der Waals surface area (Å²) in [4.78, 5) is 2.47. The van der Waals surface area contributed by atoms with Crippen LogP contribution in [0.5, 0.6) is 0 Å². The summed E-state index contributed by atoms with van der Waals surface area (Å²) in [6.07, 6.45) is 0. The topological polar surface area (TPSA) is 8.17 Å². The molecule has 0 radical (unpaired) electrons. The first kappa shape index (κ1) is 33.6. The van der Waals surface area contributed by atoms with Crippen LogP contribution < -0.4 is 4.90 Å². The van der Waals surface area contributed by atoms with E-state index in [1.807, 2.05) is 0 Å². The van der Waals surface area contributed by atoms with Crippen molar-refractivity contribution in [3.8, 4) is 39.1 Å². The van der Waals surface area contributed by atoms with Gasteiger partial charge in [-0.25, -0.2) is 0 Å². The lowest BCUT2D eigenvalue weighted by Crippen LogP contribution is -2.12. The van der Waals surface area contributed by atoms with Gasteiger partial charge in [-0.2, -0.15) is 0 Å². The Morgan fingerprint density at radius 2 is 0.793 bits per heavy atom. The Kier molecular flexibility index (Phi) is 8.19. The maximum Gasteiger partial charge on any atom is 0.0782 e. The van der Waals surface area contributed by atoms with E-state index < -0.39 is 0 Å². The van der Waals surface area contributed by atoms with Crippen LogP contribution in [0.3, 0.4) is 0 Å². The summed E-state index contributed by atoms with van der Waals surface area (Å²) in [6.45, 7) is 0. The van der Waals surface area contributed by atoms with Crippen LogP contribution in [0.2, 0.25) is 0 Å². The maximum atomic E-state index is 2.47. The fourth-order valence-corrected chi connectivity index (χ4v) is 9.04. The second kappa shape index (κ2) is 14.1. The molecule has 0 aliphatic carbocycles. The van der Waals surface area contributed by atoms with Crippen molar-refractivity contribution in [1.82, 2.24) is 4.57 Å². The van der Waals surface area contributed by atoms with Gasteiger partial charge < -0.3 is 9.47 Å². The smallest absolute Gasteiger partial charge is 0.0782 e. The monoisotopic (exact) mass is 738 g/mol. The van der Waals surface area contributed by atoms with E-state index >= 15 is 0 Å². The molecule has 2 nitrogen and oxygen atoms in total. The molecular weight excluding hydrogens is 701 g/mol. The van der Waals surface area contributed by atoms with E-state index in [4.69, 9.17) is 0 Å². The zero-order valence-electron chi connectivity index (χ0n) is 31.8. The third-order valence-electron chi connectivity index (χ3n) is 11.5. The normalized spacial score (nSPS) is 11.4. The first-order valence-electron chi connectivity index (χ1n) is 19.9. The highest BCUT2D eigenvalue weighted by Crippen LogP contribution is 2.48. The fourth-order valence-electron chi connectivity index (χ4n) is 9.04. The molecule has 58 heavy (non-hydrogen) atoms. The molecule has 0 fully saturated rings. The Morgan fingerprint density at radius 3 is 1.50 bits per heavy atom. The van der Waals surface area contributed by atoms with Crippen LogP contribution in [0, 0.1) is 0 Å². The minimum Gasteiger partial charge on any atom is -0.308 e. The number of hydrogen-bond donors (Lipinski definition) is 0. The number of nitrogens with zero attached hydrogens (tertiary/aromatic N) is 2. The van der Waals surface area contributed by atoms with E-state index in [1.54, 1.807) is 0 Å². The van der Waals surface area contributed by atoms with Crippen LogP contribution >= 0.6 is 0 Å². The van der Waals surface area contributed by atoms with Crippen molar-refractivity contribution in [2.45, 2.75) is 0 Å². The van der Waals surface area contributed by atoms with Crippen molar-refractivity contribution < 1.29 is 0 Å². The first-order valence-corrected chi connectivity index (χ1v) is 19.9. The molecular formula is C56H38N2. The third kappa shape index (κ3) is 5.57. The van der Waals surface area contributed by atoms with Gasteiger partial charge in [0.05, 0.1) is 16.7 Å². The summed E-state index contributed by atoms with van der Waals surface area (Å²) in [5.74, 6) is 0. The van der Waals surface area contributed by atoms with Gasteiger partial charge in [-0.1, -0.05) is 182 Å². The summed E-state index contributed by atoms with van der Waals surface area (Å²) < 4.78 is 2.44. The Labute approximate surface area is 338 Å². The Morgan fingerprint density at radius 1 is 0.293 bits per heavy atom. The molecule has 1 aromatic heterocycles. The average molecular weight is 739 g/mol. The van der Waals surface area contributed by atoms with Gasteiger partial charge in [-0.15, -0.1) is 0 Å². The van der Waals surface area contributed by atoms with Crippen molar-refractivity contribution in [2.24, 2.45) is 0 Å². The van der Waals surface area contributed by atoms with Gasteiger partial charge in [0, 0.05) is 27.8 Å². The number of benzene rings is 10. The molecule has 2 heteroatoms. The quantitative estimate of drug-likeness (QED) is 0.148. The fraction of sp³-hybridized carbons (Fsp3) is 0. The van der Waals surface area contributed by atoms with Crippen molar-refractivity contribution >= 4 is 60.4 Å². The lowest BCUT2D eigenvalue weighted by atomic mass is 9.85. The van der Waals surface area contributed by atoms with Crippen LogP contribution in [-0.2, 0) is 0 Å². The SMILES string of the molecule is c1ccc(-c2cccc(N(c3ccc4c(c3)c(-c3ccccc3)c(-c3ccccc3)c3ccccc34)c3cccc4c5ccccc5n(-c5ccccc5)c34)c2)cc1. The van der Waals surface area contributed by atoms with Gasteiger partial charge in [-0.3, -0.25) is 0 Å². The highest BCUT2D eigenvalue weighted by molar-refractivity contribution is 6.22. The summed E-state index contributed by atoms with van der Waals surface area (Å²) in [5.41, 5.74) is 14.0. The molecule has 0 saturated carbocycles. The average Bonchev–Trinajstić information content (AvgIpc) is 3.65. The van der Waals surface area contributed by atoms with E-state index in [0.29, 0.717) is 0 Å². The molecule has 0 aliphatic heterocycles. The zero-order valence-corrected chi connectivity index (χ0v) is 31.8. The second-order valence-corrected chi connectivity index (χ2v) is 14.9. The predicted molar refractivity (Wildman–Crippen MR) is 247 cm³/mol. The lowest BCUT2D eigenvalue weighted by Gasteiger charge is -2.28. The minimum atomic E-state index is 1.08. The van der Waals surface area contributed by atoms with Crippen molar-refractivity contribution in [2.75, 3.05) is 4.90 Å². The summed E-state index contributed by atoms with van der Waals surface area (Å²) in [7, 11) is 0. The van der Waals surface area contributed by atoms with E-state index in [9.17, 15) is 0 Å². The third-order valence-corrected chi connectivity index (χ3v) is 11.5. The van der Waals surface area contributed by atoms with Gasteiger partial charge in [0.1, 0.15) is 0 Å². The van der Waals surface area contributed by atoms with Gasteiger partial charge in [0.25, 0.3) is 0 Å². The van der Waals surface area contributed by atoms with Gasteiger partial charge in [0.15, 0.2) is 0 Å². The van der Waals surface area contributed by atoms with Crippen molar-refractivity contribution in [3.63, 3.8) is 0 Å². The lowest BCUT2D eigenvalue weighted by molar-refractivity contribution is 1.17. The molecule has 272 valence electrons. The zero-order chi connectivity index (χ0) is 38.4. The largest absolute Gasteiger partial charge is 0.308 e. The molecule has 0 N–H and O–H groups in total. The number of rotatable bonds is 7.